The number of carbonyl (C=O) groups excluding carboxylic acids is 1. The van der Waals surface area contributed by atoms with E-state index < -0.39 is 6.10 Å². The van der Waals surface area contributed by atoms with Crippen LogP contribution >= 0.6 is 11.6 Å². The number of carbonyl (C=O) groups is 1. The van der Waals surface area contributed by atoms with E-state index in [0.717, 1.165) is 13.0 Å². The minimum atomic E-state index is -0.784. The molecule has 1 atom stereocenters. The number of nitrogens with zero attached hydrogens (tertiary/aromatic N) is 2. The number of urea groups is 1. The van der Waals surface area contributed by atoms with Crippen LogP contribution in [0, 0.1) is 0 Å². The van der Waals surface area contributed by atoms with E-state index in [0.29, 0.717) is 17.1 Å². The van der Waals surface area contributed by atoms with E-state index in [1.165, 1.54) is 0 Å². The molecule has 0 radical (unpaired) electrons. The molecule has 0 aliphatic rings. The van der Waals surface area contributed by atoms with Crippen LogP contribution in [0.15, 0.2) is 42.7 Å². The summed E-state index contributed by atoms with van der Waals surface area (Å²) in [6.45, 7) is 1.42. The van der Waals surface area contributed by atoms with Gasteiger partial charge in [0.2, 0.25) is 0 Å². The molecule has 0 fully saturated rings. The van der Waals surface area contributed by atoms with Gasteiger partial charge in [0.05, 0.1) is 6.10 Å². The van der Waals surface area contributed by atoms with Gasteiger partial charge in [-0.25, -0.2) is 4.79 Å². The van der Waals surface area contributed by atoms with Gasteiger partial charge in [0, 0.05) is 37.1 Å². The third-order valence-corrected chi connectivity index (χ3v) is 3.33. The van der Waals surface area contributed by atoms with Gasteiger partial charge >= 0.3 is 6.03 Å². The molecule has 2 rings (SSSR count). The summed E-state index contributed by atoms with van der Waals surface area (Å²) >= 11 is 5.86. The Hall–Kier alpha value is -2.05. The molecule has 0 aliphatic heterocycles. The average molecular weight is 323 g/mol. The zero-order valence-corrected chi connectivity index (χ0v) is 12.8. The number of nitrogens with one attached hydrogen (secondary N) is 2. The summed E-state index contributed by atoms with van der Waals surface area (Å²) in [5.74, 6) is 0. The number of amides is 2. The van der Waals surface area contributed by atoms with Crippen molar-refractivity contribution in [3.63, 3.8) is 0 Å². The number of aliphatic hydroxyl groups is 1. The second-order valence-electron chi connectivity index (χ2n) is 4.83. The molecule has 1 aromatic carbocycles. The van der Waals surface area contributed by atoms with Crippen molar-refractivity contribution in [2.24, 2.45) is 0 Å². The Morgan fingerprint density at radius 3 is 2.95 bits per heavy atom. The van der Waals surface area contributed by atoms with Crippen molar-refractivity contribution < 1.29 is 9.90 Å². The lowest BCUT2D eigenvalue weighted by molar-refractivity contribution is 0.173. The second-order valence-corrected chi connectivity index (χ2v) is 5.27. The Morgan fingerprint density at radius 2 is 2.23 bits per heavy atom. The fourth-order valence-electron chi connectivity index (χ4n) is 1.96. The molecule has 0 unspecified atom stereocenters. The van der Waals surface area contributed by atoms with E-state index in [9.17, 15) is 9.90 Å². The van der Waals surface area contributed by atoms with E-state index in [4.69, 9.17) is 11.6 Å². The van der Waals surface area contributed by atoms with Crippen LogP contribution in [0.1, 0.15) is 18.1 Å². The Balaban J connectivity index is 1.62. The van der Waals surface area contributed by atoms with Crippen molar-refractivity contribution in [3.05, 3.63) is 53.3 Å². The quantitative estimate of drug-likeness (QED) is 0.682. The lowest BCUT2D eigenvalue weighted by atomic mass is 10.1. The van der Waals surface area contributed by atoms with Crippen molar-refractivity contribution in [2.45, 2.75) is 19.1 Å². The van der Waals surface area contributed by atoms with E-state index in [1.54, 1.807) is 30.5 Å². The first-order chi connectivity index (χ1) is 10.6. The molecular formula is C15H19ClN4O2. The number of rotatable bonds is 7. The maximum atomic E-state index is 11.6. The Labute approximate surface area is 134 Å². The van der Waals surface area contributed by atoms with Crippen molar-refractivity contribution >= 4 is 17.6 Å². The Bertz CT molecular complexity index is 589. The molecule has 6 nitrogen and oxygen atoms in total. The molecule has 0 spiro atoms. The minimum Gasteiger partial charge on any atom is -0.387 e. The zero-order valence-electron chi connectivity index (χ0n) is 12.1. The molecule has 2 amide bonds. The highest BCUT2D eigenvalue weighted by Crippen LogP contribution is 2.16. The van der Waals surface area contributed by atoms with Crippen LogP contribution in [0.3, 0.4) is 0 Å². The van der Waals surface area contributed by atoms with Crippen LogP contribution in [-0.2, 0) is 6.54 Å². The molecule has 0 aliphatic carbocycles. The summed E-state index contributed by atoms with van der Waals surface area (Å²) in [6.07, 6.45) is 3.60. The van der Waals surface area contributed by atoms with E-state index >= 15 is 0 Å². The molecule has 2 aromatic rings. The molecule has 1 aromatic heterocycles. The zero-order chi connectivity index (χ0) is 15.8. The van der Waals surface area contributed by atoms with Crippen molar-refractivity contribution in [2.75, 3.05) is 13.1 Å². The minimum absolute atomic E-state index is 0.130. The summed E-state index contributed by atoms with van der Waals surface area (Å²) in [5, 5.41) is 20.0. The fourth-order valence-corrected chi connectivity index (χ4v) is 2.16. The van der Waals surface area contributed by atoms with Crippen LogP contribution in [-0.4, -0.2) is 34.0 Å². The van der Waals surface area contributed by atoms with E-state index in [1.807, 2.05) is 16.9 Å². The predicted molar refractivity (Wildman–Crippen MR) is 84.7 cm³/mol. The standard InChI is InChI=1S/C15H19ClN4O2/c16-13-5-1-4-12(10-13)14(21)11-18-15(22)17-6-2-8-20-9-3-7-19-20/h1,3-5,7,9-10,14,21H,2,6,8,11H2,(H2,17,18,22)/t14-/m0/s1. The highest BCUT2D eigenvalue weighted by Gasteiger charge is 2.09. The van der Waals surface area contributed by atoms with Crippen molar-refractivity contribution in [1.82, 2.24) is 20.4 Å². The Kier molecular flexibility index (Phi) is 6.24. The first kappa shape index (κ1) is 16.3. The van der Waals surface area contributed by atoms with Gasteiger partial charge < -0.3 is 15.7 Å². The summed E-state index contributed by atoms with van der Waals surface area (Å²) in [4.78, 5) is 11.6. The smallest absolute Gasteiger partial charge is 0.314 e. The largest absolute Gasteiger partial charge is 0.387 e. The van der Waals surface area contributed by atoms with Gasteiger partial charge in [-0.05, 0) is 30.2 Å². The molecule has 22 heavy (non-hydrogen) atoms. The number of benzene rings is 1. The summed E-state index contributed by atoms with van der Waals surface area (Å²) in [5.41, 5.74) is 0.673. The second kappa shape index (κ2) is 8.41. The molecular weight excluding hydrogens is 304 g/mol. The van der Waals surface area contributed by atoms with Crippen molar-refractivity contribution in [1.29, 1.82) is 0 Å². The maximum Gasteiger partial charge on any atom is 0.314 e. The number of hydrogen-bond donors (Lipinski definition) is 3. The van der Waals surface area contributed by atoms with Crippen LogP contribution in [0.25, 0.3) is 0 Å². The Morgan fingerprint density at radius 1 is 1.36 bits per heavy atom. The highest BCUT2D eigenvalue weighted by molar-refractivity contribution is 6.30. The third-order valence-electron chi connectivity index (χ3n) is 3.10. The van der Waals surface area contributed by atoms with E-state index in [-0.39, 0.29) is 12.6 Å². The molecule has 7 heteroatoms. The van der Waals surface area contributed by atoms with E-state index in [2.05, 4.69) is 15.7 Å². The first-order valence-electron chi connectivity index (χ1n) is 7.08. The van der Waals surface area contributed by atoms with Gasteiger partial charge in [0.15, 0.2) is 0 Å². The van der Waals surface area contributed by atoms with Crippen molar-refractivity contribution in [3.8, 4) is 0 Å². The lowest BCUT2D eigenvalue weighted by Gasteiger charge is -2.13. The number of aliphatic hydroxyl groups excluding tert-OH is 1. The van der Waals surface area contributed by atoms with Gasteiger partial charge in [-0.2, -0.15) is 5.10 Å². The number of aromatic nitrogens is 2. The lowest BCUT2D eigenvalue weighted by Crippen LogP contribution is -2.38. The van der Waals surface area contributed by atoms with Crippen LogP contribution in [0.4, 0.5) is 4.79 Å². The fraction of sp³-hybridized carbons (Fsp3) is 0.333. The molecule has 118 valence electrons. The number of hydrogen-bond acceptors (Lipinski definition) is 3. The average Bonchev–Trinajstić information content (AvgIpc) is 3.02. The van der Waals surface area contributed by atoms with Gasteiger partial charge in [-0.1, -0.05) is 23.7 Å². The summed E-state index contributed by atoms with van der Waals surface area (Å²) in [7, 11) is 0. The van der Waals surface area contributed by atoms with Crippen LogP contribution < -0.4 is 10.6 Å². The van der Waals surface area contributed by atoms with Gasteiger partial charge in [-0.15, -0.1) is 0 Å². The number of aryl methyl sites for hydroxylation is 1. The molecule has 1 heterocycles. The van der Waals surface area contributed by atoms with Gasteiger partial charge in [-0.3, -0.25) is 4.68 Å². The SMILES string of the molecule is O=C(NCCCn1cccn1)NC[C@H](O)c1cccc(Cl)c1. The predicted octanol–water partition coefficient (Wildman–Crippen LogP) is 1.96. The monoisotopic (exact) mass is 322 g/mol. The van der Waals surface area contributed by atoms with Gasteiger partial charge in [0.1, 0.15) is 0 Å². The maximum absolute atomic E-state index is 11.6. The normalized spacial score (nSPS) is 11.9. The molecule has 0 saturated carbocycles. The van der Waals surface area contributed by atoms with Crippen LogP contribution in [0.5, 0.6) is 0 Å². The summed E-state index contributed by atoms with van der Waals surface area (Å²) in [6, 6.07) is 8.49. The highest BCUT2D eigenvalue weighted by atomic mass is 35.5. The first-order valence-corrected chi connectivity index (χ1v) is 7.45. The van der Waals surface area contributed by atoms with Gasteiger partial charge in [0.25, 0.3) is 0 Å². The number of halogens is 1. The molecule has 0 saturated heterocycles. The molecule has 0 bridgehead atoms. The third kappa shape index (κ3) is 5.38. The molecule has 3 N–H and O–H groups in total. The van der Waals surface area contributed by atoms with Crippen LogP contribution in [0.2, 0.25) is 5.02 Å². The topological polar surface area (TPSA) is 79.2 Å². The summed E-state index contributed by atoms with van der Waals surface area (Å²) < 4.78 is 1.81.